The normalized spacial score (nSPS) is 16.8. The van der Waals surface area contributed by atoms with Gasteiger partial charge < -0.3 is 0 Å². The predicted molar refractivity (Wildman–Crippen MR) is 65.8 cm³/mol. The first-order chi connectivity index (χ1) is 6.92. The van der Waals surface area contributed by atoms with E-state index in [2.05, 4.69) is 48.6 Å². The zero-order valence-electron chi connectivity index (χ0n) is 7.99. The molecular weight excluding hydrogens is 208 g/mol. The third kappa shape index (κ3) is 1.99. The van der Waals surface area contributed by atoms with Gasteiger partial charge in [0.2, 0.25) is 0 Å². The lowest BCUT2D eigenvalue weighted by Gasteiger charge is -2.13. The second-order valence-corrected chi connectivity index (χ2v) is 7.24. The molecule has 0 N–H and O–H groups in total. The summed E-state index contributed by atoms with van der Waals surface area (Å²) in [5.41, 5.74) is 0.803. The van der Waals surface area contributed by atoms with Gasteiger partial charge in [-0.15, -0.1) is 11.6 Å². The summed E-state index contributed by atoms with van der Waals surface area (Å²) < 4.78 is 0. The van der Waals surface area contributed by atoms with Gasteiger partial charge in [-0.1, -0.05) is 58.9 Å². The Morgan fingerprint density at radius 2 is 2.00 bits per heavy atom. The van der Waals surface area contributed by atoms with Crippen molar-refractivity contribution in [3.8, 4) is 0 Å². The van der Waals surface area contributed by atoms with E-state index in [-0.39, 0.29) is 0 Å². The van der Waals surface area contributed by atoms with Crippen LogP contribution in [0, 0.1) is 0 Å². The molecule has 1 aliphatic carbocycles. The summed E-state index contributed by atoms with van der Waals surface area (Å²) in [5.74, 6) is 0. The minimum Gasteiger partial charge on any atom is -0.130 e. The van der Waals surface area contributed by atoms with E-state index < -0.39 is 8.80 Å². The Morgan fingerprint density at radius 3 is 2.57 bits per heavy atom. The van der Waals surface area contributed by atoms with E-state index in [0.717, 1.165) is 11.9 Å². The Balaban J connectivity index is 2.22. The van der Waals surface area contributed by atoms with E-state index in [9.17, 15) is 0 Å². The average molecular weight is 221 g/mol. The van der Waals surface area contributed by atoms with Crippen LogP contribution < -0.4 is 5.19 Å². The molecule has 0 fully saturated rings. The van der Waals surface area contributed by atoms with Crippen LogP contribution in [-0.2, 0) is 0 Å². The molecule has 0 aromatic heterocycles. The monoisotopic (exact) mass is 220 g/mol. The van der Waals surface area contributed by atoms with Gasteiger partial charge in [0, 0.05) is 5.50 Å². The summed E-state index contributed by atoms with van der Waals surface area (Å²) >= 11 is 6.08. The van der Waals surface area contributed by atoms with Gasteiger partial charge in [-0.05, 0) is 6.42 Å². The van der Waals surface area contributed by atoms with Crippen LogP contribution in [0.15, 0.2) is 53.8 Å². The van der Waals surface area contributed by atoms with Gasteiger partial charge in [-0.25, -0.2) is 0 Å². The molecule has 14 heavy (non-hydrogen) atoms. The zero-order chi connectivity index (χ0) is 9.80. The standard InChI is InChI=1S/C12H13ClSi/c13-10-14(12-8-4-5-9-12)11-6-2-1-3-7-11/h1-8,14H,9-10H2. The van der Waals surface area contributed by atoms with Crippen LogP contribution in [0.3, 0.4) is 0 Å². The van der Waals surface area contributed by atoms with Crippen molar-refractivity contribution in [1.29, 1.82) is 0 Å². The average Bonchev–Trinajstić information content (AvgIpc) is 2.74. The largest absolute Gasteiger partial charge is 0.130 e. The van der Waals surface area contributed by atoms with Gasteiger partial charge in [0.1, 0.15) is 8.80 Å². The summed E-state index contributed by atoms with van der Waals surface area (Å²) in [7, 11) is -1.06. The Hall–Kier alpha value is -0.793. The summed E-state index contributed by atoms with van der Waals surface area (Å²) in [6, 6.07) is 10.7. The minimum absolute atomic E-state index is 0.803. The summed E-state index contributed by atoms with van der Waals surface area (Å²) in [6.07, 6.45) is 7.71. The second-order valence-electron chi connectivity index (χ2n) is 3.49. The van der Waals surface area contributed by atoms with Gasteiger partial charge >= 0.3 is 0 Å². The van der Waals surface area contributed by atoms with Crippen LogP contribution in [0.5, 0.6) is 0 Å². The van der Waals surface area contributed by atoms with E-state index in [0.29, 0.717) is 0 Å². The number of hydrogen-bond acceptors (Lipinski definition) is 0. The fourth-order valence-electron chi connectivity index (χ4n) is 1.81. The predicted octanol–water partition coefficient (Wildman–Crippen LogP) is 2.32. The molecule has 1 aromatic rings. The smallest absolute Gasteiger partial charge is 0.113 e. The fourth-order valence-corrected chi connectivity index (χ4v) is 5.19. The molecule has 1 aromatic carbocycles. The molecule has 1 atom stereocenters. The van der Waals surface area contributed by atoms with E-state index in [1.165, 1.54) is 5.19 Å². The van der Waals surface area contributed by atoms with Crippen molar-refractivity contribution in [1.82, 2.24) is 0 Å². The number of alkyl halides is 1. The molecule has 1 unspecified atom stereocenters. The lowest BCUT2D eigenvalue weighted by Crippen LogP contribution is -2.34. The number of halogens is 1. The van der Waals surface area contributed by atoms with Crippen molar-refractivity contribution in [2.24, 2.45) is 0 Å². The molecule has 0 bridgehead atoms. The molecule has 2 heteroatoms. The number of rotatable bonds is 3. The van der Waals surface area contributed by atoms with Gasteiger partial charge in [-0.2, -0.15) is 0 Å². The van der Waals surface area contributed by atoms with E-state index in [4.69, 9.17) is 11.6 Å². The van der Waals surface area contributed by atoms with Crippen LogP contribution in [0.2, 0.25) is 0 Å². The van der Waals surface area contributed by atoms with Crippen molar-refractivity contribution in [3.63, 3.8) is 0 Å². The van der Waals surface area contributed by atoms with Crippen molar-refractivity contribution in [2.45, 2.75) is 6.42 Å². The van der Waals surface area contributed by atoms with Gasteiger partial charge in [0.25, 0.3) is 0 Å². The highest BCUT2D eigenvalue weighted by Gasteiger charge is 2.17. The fraction of sp³-hybridized carbons (Fsp3) is 0.167. The quantitative estimate of drug-likeness (QED) is 0.542. The molecule has 0 spiro atoms. The third-order valence-corrected chi connectivity index (χ3v) is 6.35. The maximum Gasteiger partial charge on any atom is 0.113 e. The molecule has 2 rings (SSSR count). The van der Waals surface area contributed by atoms with Crippen LogP contribution in [0.4, 0.5) is 0 Å². The molecule has 0 amide bonds. The number of allylic oxidation sites excluding steroid dienone is 4. The lowest BCUT2D eigenvalue weighted by atomic mass is 10.4. The Morgan fingerprint density at radius 1 is 1.21 bits per heavy atom. The van der Waals surface area contributed by atoms with Gasteiger partial charge in [0.15, 0.2) is 0 Å². The van der Waals surface area contributed by atoms with Crippen LogP contribution in [-0.4, -0.2) is 14.3 Å². The maximum atomic E-state index is 6.08. The Labute approximate surface area is 91.5 Å². The van der Waals surface area contributed by atoms with Crippen LogP contribution >= 0.6 is 11.6 Å². The molecule has 0 heterocycles. The Bertz CT molecular complexity index is 354. The number of benzene rings is 1. The third-order valence-electron chi connectivity index (χ3n) is 2.60. The lowest BCUT2D eigenvalue weighted by molar-refractivity contribution is 1.38. The van der Waals surface area contributed by atoms with Gasteiger partial charge in [0.05, 0.1) is 0 Å². The van der Waals surface area contributed by atoms with Gasteiger partial charge in [-0.3, -0.25) is 0 Å². The minimum atomic E-state index is -1.06. The topological polar surface area (TPSA) is 0 Å². The first kappa shape index (κ1) is 9.75. The Kier molecular flexibility index (Phi) is 3.22. The van der Waals surface area contributed by atoms with Crippen molar-refractivity contribution >= 4 is 25.6 Å². The molecule has 0 nitrogen and oxygen atoms in total. The van der Waals surface area contributed by atoms with E-state index >= 15 is 0 Å². The molecule has 0 radical (unpaired) electrons. The molecule has 0 saturated heterocycles. The highest BCUT2D eigenvalue weighted by atomic mass is 35.5. The summed E-state index contributed by atoms with van der Waals surface area (Å²) in [4.78, 5) is 0. The molecule has 72 valence electrons. The number of hydrogen-bond donors (Lipinski definition) is 0. The molecule has 0 saturated carbocycles. The zero-order valence-corrected chi connectivity index (χ0v) is 9.90. The van der Waals surface area contributed by atoms with Crippen molar-refractivity contribution < 1.29 is 0 Å². The van der Waals surface area contributed by atoms with Crippen LogP contribution in [0.1, 0.15) is 6.42 Å². The highest BCUT2D eigenvalue weighted by Crippen LogP contribution is 2.14. The first-order valence-corrected chi connectivity index (χ1v) is 7.39. The van der Waals surface area contributed by atoms with E-state index in [1.807, 2.05) is 0 Å². The summed E-state index contributed by atoms with van der Waals surface area (Å²) in [5, 5.41) is 3.02. The van der Waals surface area contributed by atoms with E-state index in [1.54, 1.807) is 5.20 Å². The molecular formula is C12H13ClSi. The van der Waals surface area contributed by atoms with Crippen LogP contribution in [0.25, 0.3) is 0 Å². The molecule has 1 aliphatic rings. The maximum absolute atomic E-state index is 6.08. The van der Waals surface area contributed by atoms with Crippen molar-refractivity contribution in [2.75, 3.05) is 5.50 Å². The highest BCUT2D eigenvalue weighted by molar-refractivity contribution is 6.84. The second kappa shape index (κ2) is 4.62. The summed E-state index contributed by atoms with van der Waals surface area (Å²) in [6.45, 7) is 0. The first-order valence-electron chi connectivity index (χ1n) is 4.88. The SMILES string of the molecule is ClC[SiH](C1=CC=CC1)c1ccccc1. The van der Waals surface area contributed by atoms with Crippen molar-refractivity contribution in [3.05, 3.63) is 53.8 Å². The molecule has 0 aliphatic heterocycles.